The lowest BCUT2D eigenvalue weighted by atomic mass is 10.2. The standard InChI is InChI=1S/C14H18N4/c1-10(9-13(15)16)18(2)14-8-7-11-5-3-4-6-12(11)17-14/h3-8,10H,9H2,1-2H3,(H3,15,16). The highest BCUT2D eigenvalue weighted by atomic mass is 15.2. The van der Waals surface area contributed by atoms with Crippen molar-refractivity contribution in [1.82, 2.24) is 4.98 Å². The number of pyridine rings is 1. The van der Waals surface area contributed by atoms with Gasteiger partial charge in [-0.05, 0) is 25.1 Å². The van der Waals surface area contributed by atoms with Crippen LogP contribution < -0.4 is 10.6 Å². The van der Waals surface area contributed by atoms with E-state index < -0.39 is 0 Å². The quantitative estimate of drug-likeness (QED) is 0.639. The summed E-state index contributed by atoms with van der Waals surface area (Å²) in [4.78, 5) is 6.67. The van der Waals surface area contributed by atoms with Gasteiger partial charge in [0.1, 0.15) is 5.82 Å². The molecule has 0 radical (unpaired) electrons. The second-order valence-electron chi connectivity index (χ2n) is 4.55. The lowest BCUT2D eigenvalue weighted by Gasteiger charge is -2.25. The van der Waals surface area contributed by atoms with Gasteiger partial charge in [-0.2, -0.15) is 0 Å². The first-order valence-corrected chi connectivity index (χ1v) is 5.99. The molecule has 0 amide bonds. The van der Waals surface area contributed by atoms with Crippen molar-refractivity contribution in [2.45, 2.75) is 19.4 Å². The minimum Gasteiger partial charge on any atom is -0.388 e. The molecular weight excluding hydrogens is 224 g/mol. The largest absolute Gasteiger partial charge is 0.388 e. The molecule has 2 aromatic rings. The van der Waals surface area contributed by atoms with Gasteiger partial charge < -0.3 is 10.6 Å². The first-order chi connectivity index (χ1) is 8.58. The van der Waals surface area contributed by atoms with Crippen LogP contribution in [0.15, 0.2) is 36.4 Å². The zero-order valence-corrected chi connectivity index (χ0v) is 10.7. The van der Waals surface area contributed by atoms with Crippen molar-refractivity contribution in [3.05, 3.63) is 36.4 Å². The highest BCUT2D eigenvalue weighted by Gasteiger charge is 2.12. The van der Waals surface area contributed by atoms with E-state index in [1.807, 2.05) is 49.2 Å². The average molecular weight is 242 g/mol. The number of hydrogen-bond acceptors (Lipinski definition) is 3. The SMILES string of the molecule is CC(CC(=N)N)N(C)c1ccc2ccccc2n1. The van der Waals surface area contributed by atoms with Crippen molar-refractivity contribution < 1.29 is 0 Å². The highest BCUT2D eigenvalue weighted by molar-refractivity contribution is 5.80. The number of para-hydroxylation sites is 1. The molecule has 0 aliphatic rings. The van der Waals surface area contributed by atoms with Crippen molar-refractivity contribution in [2.75, 3.05) is 11.9 Å². The van der Waals surface area contributed by atoms with E-state index in [0.717, 1.165) is 16.7 Å². The van der Waals surface area contributed by atoms with Gasteiger partial charge in [-0.3, -0.25) is 5.41 Å². The average Bonchev–Trinajstić information content (AvgIpc) is 2.36. The zero-order chi connectivity index (χ0) is 13.1. The summed E-state index contributed by atoms with van der Waals surface area (Å²) in [5.74, 6) is 1.11. The molecular formula is C14H18N4. The molecule has 0 aliphatic heterocycles. The Morgan fingerprint density at radius 1 is 1.33 bits per heavy atom. The van der Waals surface area contributed by atoms with E-state index in [9.17, 15) is 0 Å². The fourth-order valence-corrected chi connectivity index (χ4v) is 1.93. The highest BCUT2D eigenvalue weighted by Crippen LogP contribution is 2.19. The monoisotopic (exact) mass is 242 g/mol. The van der Waals surface area contributed by atoms with E-state index >= 15 is 0 Å². The number of nitrogens with zero attached hydrogens (tertiary/aromatic N) is 2. The molecule has 1 atom stereocenters. The van der Waals surface area contributed by atoms with E-state index in [0.29, 0.717) is 6.42 Å². The number of rotatable bonds is 4. The lowest BCUT2D eigenvalue weighted by Crippen LogP contribution is -2.33. The van der Waals surface area contributed by atoms with E-state index in [4.69, 9.17) is 11.1 Å². The van der Waals surface area contributed by atoms with Gasteiger partial charge in [0.05, 0.1) is 11.4 Å². The number of hydrogen-bond donors (Lipinski definition) is 2. The molecule has 0 aliphatic carbocycles. The molecule has 4 heteroatoms. The van der Waals surface area contributed by atoms with Gasteiger partial charge in [-0.1, -0.05) is 18.2 Å². The van der Waals surface area contributed by atoms with Crippen LogP contribution in [0.5, 0.6) is 0 Å². The number of nitrogens with two attached hydrogens (primary N) is 1. The minimum absolute atomic E-state index is 0.163. The Hall–Kier alpha value is -2.10. The Morgan fingerprint density at radius 3 is 2.78 bits per heavy atom. The molecule has 3 N–H and O–H groups in total. The molecule has 1 unspecified atom stereocenters. The summed E-state index contributed by atoms with van der Waals surface area (Å²) in [5, 5.41) is 8.48. The zero-order valence-electron chi connectivity index (χ0n) is 10.7. The lowest BCUT2D eigenvalue weighted by molar-refractivity contribution is 0.701. The molecule has 0 saturated carbocycles. The fraction of sp³-hybridized carbons (Fsp3) is 0.286. The van der Waals surface area contributed by atoms with Crippen LogP contribution in [0.1, 0.15) is 13.3 Å². The summed E-state index contributed by atoms with van der Waals surface area (Å²) in [6.07, 6.45) is 0.547. The van der Waals surface area contributed by atoms with Gasteiger partial charge in [0, 0.05) is 24.9 Å². The molecule has 1 aromatic carbocycles. The van der Waals surface area contributed by atoms with E-state index in [1.54, 1.807) is 0 Å². The van der Waals surface area contributed by atoms with Gasteiger partial charge in [0.15, 0.2) is 0 Å². The van der Waals surface area contributed by atoms with E-state index in [2.05, 4.69) is 11.1 Å². The van der Waals surface area contributed by atoms with Crippen molar-refractivity contribution in [3.8, 4) is 0 Å². The Labute approximate surface area is 107 Å². The maximum atomic E-state index is 7.34. The van der Waals surface area contributed by atoms with Crippen LogP contribution >= 0.6 is 0 Å². The predicted octanol–water partition coefficient (Wildman–Crippen LogP) is 2.39. The summed E-state index contributed by atoms with van der Waals surface area (Å²) in [7, 11) is 1.98. The first kappa shape index (κ1) is 12.4. The normalized spacial score (nSPS) is 12.3. The summed E-state index contributed by atoms with van der Waals surface area (Å²) in [6, 6.07) is 12.3. The van der Waals surface area contributed by atoms with Crippen LogP contribution in [-0.2, 0) is 0 Å². The maximum absolute atomic E-state index is 7.34. The van der Waals surface area contributed by atoms with Gasteiger partial charge >= 0.3 is 0 Å². The molecule has 18 heavy (non-hydrogen) atoms. The first-order valence-electron chi connectivity index (χ1n) is 5.99. The summed E-state index contributed by atoms with van der Waals surface area (Å²) in [5.41, 5.74) is 6.42. The van der Waals surface area contributed by atoms with Gasteiger partial charge in [-0.15, -0.1) is 0 Å². The van der Waals surface area contributed by atoms with Gasteiger partial charge in [-0.25, -0.2) is 4.98 Å². The van der Waals surface area contributed by atoms with Crippen LogP contribution in [0.2, 0.25) is 0 Å². The number of amidine groups is 1. The van der Waals surface area contributed by atoms with Gasteiger partial charge in [0.2, 0.25) is 0 Å². The van der Waals surface area contributed by atoms with Crippen LogP contribution in [0.25, 0.3) is 10.9 Å². The number of fused-ring (bicyclic) bond motifs is 1. The molecule has 4 nitrogen and oxygen atoms in total. The molecule has 0 saturated heterocycles. The summed E-state index contributed by atoms with van der Waals surface area (Å²) < 4.78 is 0. The third kappa shape index (κ3) is 2.59. The van der Waals surface area contributed by atoms with Crippen LogP contribution in [0, 0.1) is 5.41 Å². The third-order valence-corrected chi connectivity index (χ3v) is 3.12. The number of anilines is 1. The fourth-order valence-electron chi connectivity index (χ4n) is 1.93. The van der Waals surface area contributed by atoms with Gasteiger partial charge in [0.25, 0.3) is 0 Å². The van der Waals surface area contributed by atoms with Crippen LogP contribution in [-0.4, -0.2) is 23.9 Å². The van der Waals surface area contributed by atoms with E-state index in [-0.39, 0.29) is 11.9 Å². The number of aromatic nitrogens is 1. The van der Waals surface area contributed by atoms with Crippen LogP contribution in [0.4, 0.5) is 5.82 Å². The molecule has 0 fully saturated rings. The van der Waals surface area contributed by atoms with Crippen molar-refractivity contribution >= 4 is 22.6 Å². The Balaban J connectivity index is 2.27. The minimum atomic E-state index is 0.163. The number of benzene rings is 1. The maximum Gasteiger partial charge on any atom is 0.129 e. The Morgan fingerprint density at radius 2 is 2.06 bits per heavy atom. The van der Waals surface area contributed by atoms with Crippen molar-refractivity contribution in [1.29, 1.82) is 5.41 Å². The molecule has 1 heterocycles. The summed E-state index contributed by atoms with van der Waals surface area (Å²) >= 11 is 0. The second-order valence-corrected chi connectivity index (χ2v) is 4.55. The molecule has 94 valence electrons. The van der Waals surface area contributed by atoms with E-state index in [1.165, 1.54) is 0 Å². The Kier molecular flexibility index (Phi) is 3.46. The Bertz CT molecular complexity index is 564. The third-order valence-electron chi connectivity index (χ3n) is 3.12. The topological polar surface area (TPSA) is 66.0 Å². The molecule has 1 aromatic heterocycles. The van der Waals surface area contributed by atoms with Crippen molar-refractivity contribution in [3.63, 3.8) is 0 Å². The van der Waals surface area contributed by atoms with Crippen molar-refractivity contribution in [2.24, 2.45) is 5.73 Å². The molecule has 2 rings (SSSR count). The van der Waals surface area contributed by atoms with Crippen LogP contribution in [0.3, 0.4) is 0 Å². The second kappa shape index (κ2) is 5.04. The smallest absolute Gasteiger partial charge is 0.129 e. The number of nitrogens with one attached hydrogen (secondary N) is 1. The summed E-state index contributed by atoms with van der Waals surface area (Å²) in [6.45, 7) is 2.04. The predicted molar refractivity (Wildman–Crippen MR) is 76.1 cm³/mol. The molecule has 0 bridgehead atoms. The molecule has 0 spiro atoms.